The number of amides is 7. The highest BCUT2D eigenvalue weighted by Gasteiger charge is 2.31. The maximum Gasteiger partial charge on any atom is 0.407 e. The van der Waals surface area contributed by atoms with Crippen molar-refractivity contribution in [2.24, 2.45) is 17.8 Å². The number of Topliss-reactive ketones (excluding diaryl/α,β-unsaturated/α-hetero) is 2. The van der Waals surface area contributed by atoms with E-state index in [-0.39, 0.29) is 89.6 Å². The average molecular weight is 1000 g/mol. The molecule has 7 amide bonds. The van der Waals surface area contributed by atoms with E-state index < -0.39 is 93.8 Å². The fraction of sp³-hybridized carbons (Fsp3) is 0.812. The molecule has 0 spiro atoms. The molecule has 0 aliphatic heterocycles. The first-order valence-corrected chi connectivity index (χ1v) is 23.8. The van der Waals surface area contributed by atoms with E-state index in [9.17, 15) is 43.2 Å². The summed E-state index contributed by atoms with van der Waals surface area (Å²) in [4.78, 5) is 119. The lowest BCUT2D eigenvalue weighted by molar-refractivity contribution is -0.136. The van der Waals surface area contributed by atoms with Crippen molar-refractivity contribution in [2.75, 3.05) is 52.4 Å². The summed E-state index contributed by atoms with van der Waals surface area (Å²) < 4.78 is 32.1. The van der Waals surface area contributed by atoms with E-state index in [0.717, 1.165) is 0 Å². The van der Waals surface area contributed by atoms with Crippen LogP contribution in [0.5, 0.6) is 0 Å². The van der Waals surface area contributed by atoms with Crippen LogP contribution in [0.4, 0.5) is 28.8 Å². The summed E-state index contributed by atoms with van der Waals surface area (Å²) >= 11 is 0. The van der Waals surface area contributed by atoms with Gasteiger partial charge in [-0.3, -0.25) is 14.4 Å². The van der Waals surface area contributed by atoms with Gasteiger partial charge in [-0.1, -0.05) is 0 Å². The lowest BCUT2D eigenvalue weighted by Gasteiger charge is -2.29. The normalized spacial score (nSPS) is 12.3. The molecule has 404 valence electrons. The number of hydrogen-bond acceptors (Lipinski definition) is 15. The van der Waals surface area contributed by atoms with Crippen LogP contribution in [0.2, 0.25) is 0 Å². The number of hydrogen-bond donors (Lipinski definition) is 6. The van der Waals surface area contributed by atoms with Crippen LogP contribution in [0.15, 0.2) is 0 Å². The number of carbonyl (C=O) groups is 9. The van der Waals surface area contributed by atoms with Gasteiger partial charge in [-0.2, -0.15) is 0 Å². The van der Waals surface area contributed by atoms with Crippen LogP contribution in [0.3, 0.4) is 0 Å². The molecule has 22 nitrogen and oxygen atoms in total. The van der Waals surface area contributed by atoms with Crippen molar-refractivity contribution >= 4 is 54.0 Å². The van der Waals surface area contributed by atoms with Crippen molar-refractivity contribution in [3.8, 4) is 0 Å². The first-order chi connectivity index (χ1) is 31.6. The van der Waals surface area contributed by atoms with E-state index in [1.165, 1.54) is 4.90 Å². The molecule has 0 radical (unpaired) electrons. The van der Waals surface area contributed by atoms with Gasteiger partial charge < -0.3 is 65.2 Å². The summed E-state index contributed by atoms with van der Waals surface area (Å²) in [6.45, 7) is 28.7. The monoisotopic (exact) mass is 1000 g/mol. The Morgan fingerprint density at radius 3 is 0.700 bits per heavy atom. The highest BCUT2D eigenvalue weighted by atomic mass is 16.6. The van der Waals surface area contributed by atoms with Gasteiger partial charge >= 0.3 is 36.6 Å². The second kappa shape index (κ2) is 28.3. The van der Waals surface area contributed by atoms with E-state index in [4.69, 9.17) is 28.4 Å². The summed E-state index contributed by atoms with van der Waals surface area (Å²) in [5.74, 6) is -4.28. The molecule has 0 atom stereocenters. The molecular weight excluding hydrogens is 915 g/mol. The highest BCUT2D eigenvalue weighted by molar-refractivity contribution is 5.84. The molecule has 0 saturated heterocycles. The number of alkyl carbamates (subject to hydrolysis) is 6. The van der Waals surface area contributed by atoms with Crippen molar-refractivity contribution in [1.82, 2.24) is 36.8 Å². The maximum atomic E-state index is 14.6. The zero-order valence-corrected chi connectivity index (χ0v) is 45.3. The van der Waals surface area contributed by atoms with E-state index in [0.29, 0.717) is 0 Å². The largest absolute Gasteiger partial charge is 0.444 e. The van der Waals surface area contributed by atoms with Crippen LogP contribution in [0, 0.1) is 17.8 Å². The van der Waals surface area contributed by atoms with Gasteiger partial charge in [0.2, 0.25) is 5.91 Å². The molecule has 0 aromatic carbocycles. The molecule has 0 aliphatic carbocycles. The number of nitrogens with one attached hydrogen (secondary N) is 6. The molecule has 22 heteroatoms. The van der Waals surface area contributed by atoms with Crippen LogP contribution in [0.25, 0.3) is 0 Å². The second-order valence-corrected chi connectivity index (χ2v) is 22.9. The van der Waals surface area contributed by atoms with Crippen molar-refractivity contribution in [3.63, 3.8) is 0 Å². The number of rotatable bonds is 23. The molecular formula is C48H87N7O15. The predicted octanol–water partition coefficient (Wildman–Crippen LogP) is 6.51. The van der Waals surface area contributed by atoms with Crippen molar-refractivity contribution in [3.05, 3.63) is 0 Å². The summed E-state index contributed by atoms with van der Waals surface area (Å²) in [7, 11) is 0. The summed E-state index contributed by atoms with van der Waals surface area (Å²) in [5, 5.41) is 15.5. The summed E-state index contributed by atoms with van der Waals surface area (Å²) in [5.41, 5.74) is -5.02. The highest BCUT2D eigenvalue weighted by Crippen LogP contribution is 2.16. The van der Waals surface area contributed by atoms with E-state index in [1.54, 1.807) is 125 Å². The zero-order chi connectivity index (χ0) is 54.5. The molecule has 0 bridgehead atoms. The van der Waals surface area contributed by atoms with Crippen LogP contribution >= 0.6 is 0 Å². The second-order valence-electron chi connectivity index (χ2n) is 22.9. The standard InChI is InChI=1S/C48H87N7O15/c1-43(2,3)65-37(59)49-25-31(26-50-38(60)66-44(4,5)6)34(56)21-19-23-55(36(58)33(29-53-41(63)69-47(13,14)15)30-54-42(64)70-48(16,17)18)24-20-22-35(57)32(27-51-39(61)67-45(7,8)9)28-52-40(62)68-46(10,11)12/h31-33H,19-30H2,1-18H3,(H,49,59)(H,50,60)(H,51,61)(H,52,62)(H,53,63)(H,54,64). The molecule has 70 heavy (non-hydrogen) atoms. The molecule has 6 N–H and O–H groups in total. The SMILES string of the molecule is CC(C)(C)OC(=O)NCC(CNC(=O)OC(C)(C)C)C(=O)CCCN(CCCC(=O)C(CNC(=O)OC(C)(C)C)CNC(=O)OC(C)(C)C)C(=O)C(CNC(=O)OC(C)(C)C)CNC(=O)OC(C)(C)C. The van der Waals surface area contributed by atoms with Gasteiger partial charge in [-0.25, -0.2) is 28.8 Å². The summed E-state index contributed by atoms with van der Waals surface area (Å²) in [6, 6.07) is 0. The molecule has 0 rings (SSSR count). The first kappa shape index (κ1) is 64.4. The third-order valence-corrected chi connectivity index (χ3v) is 8.62. The smallest absolute Gasteiger partial charge is 0.407 e. The van der Waals surface area contributed by atoms with Crippen LogP contribution in [-0.4, -0.2) is 145 Å². The molecule has 0 aromatic rings. The number of ether oxygens (including phenoxy) is 6. The Hall–Kier alpha value is -5.57. The van der Waals surface area contributed by atoms with Crippen LogP contribution in [-0.2, 0) is 42.8 Å². The number of nitrogens with zero attached hydrogens (tertiary/aromatic N) is 1. The Kier molecular flexibility index (Phi) is 26.1. The van der Waals surface area contributed by atoms with Gasteiger partial charge in [0, 0.05) is 65.2 Å². The third kappa shape index (κ3) is 34.7. The quantitative estimate of drug-likeness (QED) is 0.0595. The molecule has 0 heterocycles. The van der Waals surface area contributed by atoms with E-state index in [1.807, 2.05) is 0 Å². The van der Waals surface area contributed by atoms with Gasteiger partial charge in [0.1, 0.15) is 45.2 Å². The van der Waals surface area contributed by atoms with Crippen LogP contribution < -0.4 is 31.9 Å². The topological polar surface area (TPSA) is 284 Å². The Morgan fingerprint density at radius 2 is 0.514 bits per heavy atom. The minimum Gasteiger partial charge on any atom is -0.444 e. The van der Waals surface area contributed by atoms with Gasteiger partial charge in [0.25, 0.3) is 0 Å². The minimum absolute atomic E-state index is 0.0519. The average Bonchev–Trinajstić information content (AvgIpc) is 3.12. The molecule has 0 aromatic heterocycles. The Morgan fingerprint density at radius 1 is 0.329 bits per heavy atom. The Balaban J connectivity index is 6.75. The fourth-order valence-corrected chi connectivity index (χ4v) is 5.86. The predicted molar refractivity (Wildman–Crippen MR) is 261 cm³/mol. The zero-order valence-electron chi connectivity index (χ0n) is 45.3. The van der Waals surface area contributed by atoms with Crippen molar-refractivity contribution < 1.29 is 71.6 Å². The fourth-order valence-electron chi connectivity index (χ4n) is 5.86. The van der Waals surface area contributed by atoms with Gasteiger partial charge in [-0.05, 0) is 137 Å². The van der Waals surface area contributed by atoms with Gasteiger partial charge in [0.05, 0.1) is 17.8 Å². The van der Waals surface area contributed by atoms with Crippen molar-refractivity contribution in [2.45, 2.75) is 184 Å². The van der Waals surface area contributed by atoms with Gasteiger partial charge in [-0.15, -0.1) is 0 Å². The Labute approximate surface area is 415 Å². The lowest BCUT2D eigenvalue weighted by Crippen LogP contribution is -2.48. The van der Waals surface area contributed by atoms with Gasteiger partial charge in [0.15, 0.2) is 0 Å². The first-order valence-electron chi connectivity index (χ1n) is 23.8. The molecule has 0 unspecified atom stereocenters. The minimum atomic E-state index is -1.10. The number of ketones is 2. The molecule has 0 saturated carbocycles. The lowest BCUT2D eigenvalue weighted by atomic mass is 9.98. The Bertz CT molecular complexity index is 1570. The summed E-state index contributed by atoms with van der Waals surface area (Å²) in [6.07, 6.45) is -4.86. The van der Waals surface area contributed by atoms with Crippen molar-refractivity contribution in [1.29, 1.82) is 0 Å². The van der Waals surface area contributed by atoms with Crippen LogP contribution in [0.1, 0.15) is 150 Å². The third-order valence-electron chi connectivity index (χ3n) is 8.62. The maximum absolute atomic E-state index is 14.6. The number of carbonyl (C=O) groups excluding carboxylic acids is 9. The van der Waals surface area contributed by atoms with E-state index in [2.05, 4.69) is 31.9 Å². The van der Waals surface area contributed by atoms with E-state index >= 15 is 0 Å². The molecule has 0 aliphatic rings. The molecule has 0 fully saturated rings.